The zero-order valence-electron chi connectivity index (χ0n) is 12.5. The number of thiophene rings is 1. The van der Waals surface area contributed by atoms with Crippen molar-refractivity contribution in [3.8, 4) is 0 Å². The molecule has 0 unspecified atom stereocenters. The van der Waals surface area contributed by atoms with Gasteiger partial charge in [0, 0.05) is 11.4 Å². The molecule has 0 saturated heterocycles. The topological polar surface area (TPSA) is 85.9 Å². The standard InChI is InChI=1S/C15H11ClN2O3S.Na/c1-7-11-13(19)17-10(6-8-3-2-4-9(16)5-8)18-14(11)22-12(7)15(20)21;/h2-5H,6H2,1H3,(H,20,21)(H,17,18,19);/q;+1/p-1. The fourth-order valence-corrected chi connectivity index (χ4v) is 3.56. The van der Waals surface area contributed by atoms with Crippen LogP contribution in [0.3, 0.4) is 0 Å². The largest absolute Gasteiger partial charge is 1.00 e. The Kier molecular flexibility index (Phi) is 5.65. The number of benzene rings is 1. The minimum atomic E-state index is -1.30. The second-order valence-corrected chi connectivity index (χ2v) is 6.28. The Morgan fingerprint density at radius 1 is 1.43 bits per heavy atom. The number of hydrogen-bond acceptors (Lipinski definition) is 5. The van der Waals surface area contributed by atoms with E-state index in [-0.39, 0.29) is 40.0 Å². The van der Waals surface area contributed by atoms with E-state index in [1.54, 1.807) is 19.1 Å². The van der Waals surface area contributed by atoms with Gasteiger partial charge in [-0.05, 0) is 30.2 Å². The zero-order valence-corrected chi connectivity index (χ0v) is 16.0. The summed E-state index contributed by atoms with van der Waals surface area (Å²) < 4.78 is 0. The van der Waals surface area contributed by atoms with Crippen molar-refractivity contribution in [2.75, 3.05) is 0 Å². The van der Waals surface area contributed by atoms with Crippen LogP contribution in [0.15, 0.2) is 29.1 Å². The first-order chi connectivity index (χ1) is 10.5. The maximum Gasteiger partial charge on any atom is 1.00 e. The third-order valence-corrected chi connectivity index (χ3v) is 4.70. The summed E-state index contributed by atoms with van der Waals surface area (Å²) in [6.45, 7) is 1.58. The van der Waals surface area contributed by atoms with Crippen LogP contribution in [0.4, 0.5) is 0 Å². The molecular weight excluding hydrogens is 347 g/mol. The van der Waals surface area contributed by atoms with Gasteiger partial charge in [0.25, 0.3) is 5.56 Å². The van der Waals surface area contributed by atoms with E-state index in [9.17, 15) is 14.7 Å². The fraction of sp³-hybridized carbons (Fsp3) is 0.133. The molecule has 8 heteroatoms. The molecule has 0 atom stereocenters. The number of aromatic carboxylic acids is 1. The fourth-order valence-electron chi connectivity index (χ4n) is 2.31. The number of nitrogens with one attached hydrogen (secondary N) is 1. The van der Waals surface area contributed by atoms with E-state index in [4.69, 9.17) is 11.6 Å². The molecule has 0 aliphatic rings. The number of carbonyl (C=O) groups is 1. The van der Waals surface area contributed by atoms with Crippen LogP contribution in [0.25, 0.3) is 10.2 Å². The van der Waals surface area contributed by atoms with Crippen molar-refractivity contribution in [3.63, 3.8) is 0 Å². The molecule has 0 amide bonds. The van der Waals surface area contributed by atoms with E-state index >= 15 is 0 Å². The van der Waals surface area contributed by atoms with Gasteiger partial charge in [0.05, 0.1) is 16.2 Å². The van der Waals surface area contributed by atoms with Crippen LogP contribution >= 0.6 is 22.9 Å². The van der Waals surface area contributed by atoms with E-state index in [2.05, 4.69) is 9.97 Å². The summed E-state index contributed by atoms with van der Waals surface area (Å²) in [6, 6.07) is 7.25. The molecule has 0 aliphatic heterocycles. The first kappa shape index (κ1) is 18.2. The number of aryl methyl sites for hydroxylation is 1. The monoisotopic (exact) mass is 356 g/mol. The maximum atomic E-state index is 12.2. The van der Waals surface area contributed by atoms with E-state index in [1.165, 1.54) is 0 Å². The van der Waals surface area contributed by atoms with Gasteiger partial charge in [-0.15, -0.1) is 11.3 Å². The molecule has 3 aromatic rings. The average Bonchev–Trinajstić information content (AvgIpc) is 2.76. The van der Waals surface area contributed by atoms with Crippen LogP contribution in [0.2, 0.25) is 5.02 Å². The van der Waals surface area contributed by atoms with Gasteiger partial charge in [-0.25, -0.2) is 4.98 Å². The summed E-state index contributed by atoms with van der Waals surface area (Å²) in [5.41, 5.74) is 0.953. The van der Waals surface area contributed by atoms with Crippen molar-refractivity contribution in [3.05, 3.63) is 61.5 Å². The van der Waals surface area contributed by atoms with Gasteiger partial charge in [0.1, 0.15) is 10.7 Å². The van der Waals surface area contributed by atoms with Gasteiger partial charge in [-0.1, -0.05) is 23.7 Å². The number of nitrogens with zero attached hydrogens (tertiary/aromatic N) is 1. The normalized spacial score (nSPS) is 10.5. The third-order valence-electron chi connectivity index (χ3n) is 3.30. The molecule has 1 N–H and O–H groups in total. The second-order valence-electron chi connectivity index (χ2n) is 4.84. The number of carbonyl (C=O) groups excluding carboxylic acids is 1. The number of rotatable bonds is 3. The number of fused-ring (bicyclic) bond motifs is 1. The summed E-state index contributed by atoms with van der Waals surface area (Å²) >= 11 is 6.89. The molecule has 2 aromatic heterocycles. The second kappa shape index (κ2) is 7.15. The van der Waals surface area contributed by atoms with Crippen molar-refractivity contribution in [1.82, 2.24) is 9.97 Å². The van der Waals surface area contributed by atoms with Gasteiger partial charge in [0.2, 0.25) is 0 Å². The predicted octanol–water partition coefficient (Wildman–Crippen LogP) is -1.10. The van der Waals surface area contributed by atoms with Crippen LogP contribution in [-0.2, 0) is 6.42 Å². The summed E-state index contributed by atoms with van der Waals surface area (Å²) in [6.07, 6.45) is 0.406. The average molecular weight is 357 g/mol. The molecule has 0 fully saturated rings. The SMILES string of the molecule is Cc1c(C(=O)[O-])sc2nc(Cc3cccc(Cl)c3)[nH]c(=O)c12.[Na+]. The van der Waals surface area contributed by atoms with Crippen LogP contribution in [0.1, 0.15) is 26.6 Å². The van der Waals surface area contributed by atoms with Crippen LogP contribution in [0, 0.1) is 6.92 Å². The van der Waals surface area contributed by atoms with Gasteiger partial charge >= 0.3 is 29.6 Å². The molecule has 0 spiro atoms. The zero-order chi connectivity index (χ0) is 15.9. The van der Waals surface area contributed by atoms with Gasteiger partial charge in [0.15, 0.2) is 0 Å². The Hall–Kier alpha value is -1.18. The van der Waals surface area contributed by atoms with Gasteiger partial charge in [-0.2, -0.15) is 0 Å². The molecular formula is C15H10ClN2NaO3S. The first-order valence-electron chi connectivity index (χ1n) is 6.44. The Bertz CT molecular complexity index is 952. The predicted molar refractivity (Wildman–Crippen MR) is 83.6 cm³/mol. The number of aromatic nitrogens is 2. The third kappa shape index (κ3) is 3.67. The maximum absolute atomic E-state index is 12.2. The number of hydrogen-bond donors (Lipinski definition) is 1. The van der Waals surface area contributed by atoms with Crippen LogP contribution < -0.4 is 40.2 Å². The van der Waals surface area contributed by atoms with Crippen LogP contribution in [0.5, 0.6) is 0 Å². The van der Waals surface area contributed by atoms with Crippen molar-refractivity contribution >= 4 is 39.1 Å². The molecule has 1 aromatic carbocycles. The molecule has 112 valence electrons. The number of H-pyrrole nitrogens is 1. The Morgan fingerprint density at radius 2 is 2.17 bits per heavy atom. The van der Waals surface area contributed by atoms with E-state index in [1.807, 2.05) is 12.1 Å². The van der Waals surface area contributed by atoms with E-state index in [0.29, 0.717) is 33.0 Å². The minimum Gasteiger partial charge on any atom is -0.544 e. The van der Waals surface area contributed by atoms with E-state index < -0.39 is 5.97 Å². The minimum absolute atomic E-state index is 0. The molecule has 2 heterocycles. The summed E-state index contributed by atoms with van der Waals surface area (Å²) in [7, 11) is 0. The van der Waals surface area contributed by atoms with Crippen molar-refractivity contribution in [2.24, 2.45) is 0 Å². The summed E-state index contributed by atoms with van der Waals surface area (Å²) in [5, 5.41) is 12.0. The smallest absolute Gasteiger partial charge is 0.544 e. The quantitative estimate of drug-likeness (QED) is 0.604. The van der Waals surface area contributed by atoms with Gasteiger partial charge < -0.3 is 14.9 Å². The number of aromatic amines is 1. The Labute approximate surface area is 162 Å². The summed E-state index contributed by atoms with van der Waals surface area (Å²) in [5.74, 6) is -0.831. The Morgan fingerprint density at radius 3 is 2.83 bits per heavy atom. The number of halogens is 1. The molecule has 3 rings (SSSR count). The van der Waals surface area contributed by atoms with Crippen molar-refractivity contribution < 1.29 is 39.5 Å². The van der Waals surface area contributed by atoms with Crippen molar-refractivity contribution in [2.45, 2.75) is 13.3 Å². The Balaban J connectivity index is 0.00000192. The first-order valence-corrected chi connectivity index (χ1v) is 7.63. The number of carboxylic acid groups (broad SMARTS) is 1. The van der Waals surface area contributed by atoms with Gasteiger partial charge in [-0.3, -0.25) is 4.79 Å². The molecule has 0 radical (unpaired) electrons. The molecule has 0 aliphatic carbocycles. The van der Waals surface area contributed by atoms with Crippen molar-refractivity contribution in [1.29, 1.82) is 0 Å². The molecule has 5 nitrogen and oxygen atoms in total. The molecule has 23 heavy (non-hydrogen) atoms. The number of carboxylic acids is 1. The van der Waals surface area contributed by atoms with Crippen LogP contribution in [-0.4, -0.2) is 15.9 Å². The summed E-state index contributed by atoms with van der Waals surface area (Å²) in [4.78, 5) is 30.7. The molecule has 0 saturated carbocycles. The molecule has 0 bridgehead atoms. The van der Waals surface area contributed by atoms with E-state index in [0.717, 1.165) is 16.9 Å².